The van der Waals surface area contributed by atoms with Crippen molar-refractivity contribution in [3.8, 4) is 0 Å². The minimum atomic E-state index is -4.27. The van der Waals surface area contributed by atoms with Crippen LogP contribution in [0.2, 0.25) is 0 Å². The molecule has 0 saturated heterocycles. The van der Waals surface area contributed by atoms with Gasteiger partial charge in [-0.3, -0.25) is 0 Å². The van der Waals surface area contributed by atoms with E-state index >= 15 is 0 Å². The van der Waals surface area contributed by atoms with Crippen LogP contribution in [0.1, 0.15) is 6.42 Å². The van der Waals surface area contributed by atoms with Crippen molar-refractivity contribution in [2.45, 2.75) is 12.6 Å². The Hall–Kier alpha value is -0.290. The van der Waals surface area contributed by atoms with Crippen LogP contribution in [0.25, 0.3) is 0 Å². The SMILES string of the molecule is FC(F)(F)C1=CC=C(CSCCCCl)CN1. The van der Waals surface area contributed by atoms with Crippen molar-refractivity contribution in [1.82, 2.24) is 5.32 Å². The molecule has 92 valence electrons. The second kappa shape index (κ2) is 6.45. The number of alkyl halides is 4. The predicted octanol–water partition coefficient (Wildman–Crippen LogP) is 3.32. The second-order valence-corrected chi connectivity index (χ2v) is 4.83. The first-order chi connectivity index (χ1) is 7.54. The van der Waals surface area contributed by atoms with Gasteiger partial charge in [-0.2, -0.15) is 24.9 Å². The monoisotopic (exact) mass is 271 g/mol. The second-order valence-electron chi connectivity index (χ2n) is 3.35. The normalized spacial score (nSPS) is 16.5. The summed E-state index contributed by atoms with van der Waals surface area (Å²) in [5.41, 5.74) is 0.314. The third-order valence-electron chi connectivity index (χ3n) is 2.01. The summed E-state index contributed by atoms with van der Waals surface area (Å²) in [6, 6.07) is 0. The van der Waals surface area contributed by atoms with E-state index in [1.54, 1.807) is 17.8 Å². The number of hydrogen-bond acceptors (Lipinski definition) is 2. The van der Waals surface area contributed by atoms with E-state index < -0.39 is 11.9 Å². The summed E-state index contributed by atoms with van der Waals surface area (Å²) < 4.78 is 36.7. The highest BCUT2D eigenvalue weighted by atomic mass is 35.5. The molecule has 0 spiro atoms. The molecule has 0 radical (unpaired) electrons. The van der Waals surface area contributed by atoms with Gasteiger partial charge in [0.15, 0.2) is 0 Å². The van der Waals surface area contributed by atoms with Crippen LogP contribution in [0.3, 0.4) is 0 Å². The molecule has 0 aromatic carbocycles. The standard InChI is InChI=1S/C10H13ClF3NS/c11-4-1-5-16-7-8-2-3-9(15-6-8)10(12,13)14/h2-3,15H,1,4-7H2. The number of halogens is 4. The highest BCUT2D eigenvalue weighted by molar-refractivity contribution is 7.99. The lowest BCUT2D eigenvalue weighted by atomic mass is 10.2. The fraction of sp³-hybridized carbons (Fsp3) is 0.600. The average Bonchev–Trinajstić information content (AvgIpc) is 2.24. The summed E-state index contributed by atoms with van der Waals surface area (Å²) in [6.45, 7) is 0.277. The Morgan fingerprint density at radius 3 is 2.62 bits per heavy atom. The molecule has 1 nitrogen and oxygen atoms in total. The first-order valence-corrected chi connectivity index (χ1v) is 6.57. The van der Waals surface area contributed by atoms with Crippen LogP contribution < -0.4 is 5.32 Å². The predicted molar refractivity (Wildman–Crippen MR) is 62.9 cm³/mol. The summed E-state index contributed by atoms with van der Waals surface area (Å²) in [5, 5.41) is 2.38. The van der Waals surface area contributed by atoms with E-state index in [1.807, 2.05) is 0 Å². The molecule has 1 aliphatic heterocycles. The van der Waals surface area contributed by atoms with Gasteiger partial charge in [0.1, 0.15) is 5.70 Å². The van der Waals surface area contributed by atoms with E-state index in [4.69, 9.17) is 11.6 Å². The molecular weight excluding hydrogens is 259 g/mol. The van der Waals surface area contributed by atoms with Crippen LogP contribution in [0, 0.1) is 0 Å². The van der Waals surface area contributed by atoms with Gasteiger partial charge in [0.25, 0.3) is 0 Å². The molecule has 1 aliphatic rings. The van der Waals surface area contributed by atoms with Crippen molar-refractivity contribution in [2.75, 3.05) is 23.9 Å². The number of nitrogens with one attached hydrogen (secondary N) is 1. The highest BCUT2D eigenvalue weighted by Gasteiger charge is 2.34. The minimum Gasteiger partial charge on any atom is -0.377 e. The Morgan fingerprint density at radius 2 is 2.12 bits per heavy atom. The van der Waals surface area contributed by atoms with Crippen LogP contribution in [-0.4, -0.2) is 30.1 Å². The van der Waals surface area contributed by atoms with Gasteiger partial charge in [-0.1, -0.05) is 6.08 Å². The first-order valence-electron chi connectivity index (χ1n) is 4.88. The van der Waals surface area contributed by atoms with Gasteiger partial charge in [-0.05, 0) is 23.8 Å². The van der Waals surface area contributed by atoms with E-state index in [2.05, 4.69) is 5.32 Å². The number of thioether (sulfide) groups is 1. The van der Waals surface area contributed by atoms with Crippen LogP contribution in [-0.2, 0) is 0 Å². The molecule has 0 bridgehead atoms. The fourth-order valence-corrected chi connectivity index (χ4v) is 2.43. The van der Waals surface area contributed by atoms with Crippen LogP contribution in [0.5, 0.6) is 0 Å². The molecule has 1 heterocycles. The summed E-state index contributed by atoms with van der Waals surface area (Å²) >= 11 is 7.21. The smallest absolute Gasteiger partial charge is 0.377 e. The molecule has 1 N–H and O–H groups in total. The van der Waals surface area contributed by atoms with Crippen molar-refractivity contribution in [1.29, 1.82) is 0 Å². The van der Waals surface area contributed by atoms with Crippen LogP contribution >= 0.6 is 23.4 Å². The van der Waals surface area contributed by atoms with Gasteiger partial charge in [0, 0.05) is 18.2 Å². The maximum absolute atomic E-state index is 12.2. The molecule has 6 heteroatoms. The van der Waals surface area contributed by atoms with Gasteiger partial charge in [-0.15, -0.1) is 11.6 Å². The Bertz CT molecular complexity index is 286. The quantitative estimate of drug-likeness (QED) is 0.608. The molecule has 0 aromatic rings. The van der Waals surface area contributed by atoms with Crippen molar-refractivity contribution < 1.29 is 13.2 Å². The Labute approximate surface area is 102 Å². The highest BCUT2D eigenvalue weighted by Crippen LogP contribution is 2.25. The maximum Gasteiger partial charge on any atom is 0.430 e. The fourth-order valence-electron chi connectivity index (χ4n) is 1.18. The average molecular weight is 272 g/mol. The molecule has 1 rings (SSSR count). The Morgan fingerprint density at radius 1 is 1.38 bits per heavy atom. The van der Waals surface area contributed by atoms with Crippen molar-refractivity contribution in [3.05, 3.63) is 23.4 Å². The summed E-state index contributed by atoms with van der Waals surface area (Å²) in [5.74, 6) is 2.32. The number of allylic oxidation sites excluding steroid dienone is 3. The van der Waals surface area contributed by atoms with Crippen molar-refractivity contribution >= 4 is 23.4 Å². The van der Waals surface area contributed by atoms with E-state index in [0.717, 1.165) is 29.6 Å². The summed E-state index contributed by atoms with van der Waals surface area (Å²) in [6.07, 6.45) is -0.696. The lowest BCUT2D eigenvalue weighted by molar-refractivity contribution is -0.0966. The van der Waals surface area contributed by atoms with Gasteiger partial charge in [0.2, 0.25) is 0 Å². The molecular formula is C10H13ClF3NS. The van der Waals surface area contributed by atoms with E-state index in [-0.39, 0.29) is 6.54 Å². The molecule has 16 heavy (non-hydrogen) atoms. The molecule has 0 atom stereocenters. The van der Waals surface area contributed by atoms with Gasteiger partial charge in [0.05, 0.1) is 0 Å². The van der Waals surface area contributed by atoms with E-state index in [0.29, 0.717) is 5.88 Å². The summed E-state index contributed by atoms with van der Waals surface area (Å²) in [4.78, 5) is 0. The van der Waals surface area contributed by atoms with Gasteiger partial charge < -0.3 is 5.32 Å². The van der Waals surface area contributed by atoms with Crippen molar-refractivity contribution in [2.24, 2.45) is 0 Å². The Kier molecular flexibility index (Phi) is 5.55. The topological polar surface area (TPSA) is 12.0 Å². The van der Waals surface area contributed by atoms with Crippen LogP contribution in [0.15, 0.2) is 23.4 Å². The molecule has 0 aromatic heterocycles. The van der Waals surface area contributed by atoms with Gasteiger partial charge >= 0.3 is 6.18 Å². The molecule has 0 unspecified atom stereocenters. The zero-order chi connectivity index (χ0) is 12.0. The third-order valence-corrected chi connectivity index (χ3v) is 3.43. The van der Waals surface area contributed by atoms with Gasteiger partial charge in [-0.25, -0.2) is 0 Å². The third kappa shape index (κ3) is 4.70. The number of hydrogen-bond donors (Lipinski definition) is 1. The zero-order valence-corrected chi connectivity index (χ0v) is 10.2. The minimum absolute atomic E-state index is 0.277. The largest absolute Gasteiger partial charge is 0.430 e. The van der Waals surface area contributed by atoms with E-state index in [1.165, 1.54) is 0 Å². The van der Waals surface area contributed by atoms with Crippen molar-refractivity contribution in [3.63, 3.8) is 0 Å². The molecule has 0 amide bonds. The lowest BCUT2D eigenvalue weighted by Crippen LogP contribution is -2.30. The molecule has 0 aliphatic carbocycles. The Balaban J connectivity index is 2.37. The van der Waals surface area contributed by atoms with E-state index in [9.17, 15) is 13.2 Å². The van der Waals surface area contributed by atoms with Crippen LogP contribution in [0.4, 0.5) is 13.2 Å². The molecule has 0 saturated carbocycles. The first kappa shape index (κ1) is 13.8. The number of dihydropyridines is 1. The summed E-state index contributed by atoms with van der Waals surface area (Å²) in [7, 11) is 0. The maximum atomic E-state index is 12.2. The zero-order valence-electron chi connectivity index (χ0n) is 8.61. The number of rotatable bonds is 5. The lowest BCUT2D eigenvalue weighted by Gasteiger charge is -2.19. The molecule has 0 fully saturated rings.